The molecule has 2 N–H and O–H groups in total. The van der Waals surface area contributed by atoms with E-state index in [9.17, 15) is 18.0 Å². The van der Waals surface area contributed by atoms with Crippen molar-refractivity contribution >= 4 is 11.9 Å². The number of aromatic nitrogens is 2. The number of anilines is 1. The monoisotopic (exact) mass is 375 g/mol. The molecule has 4 rings (SSSR count). The lowest BCUT2D eigenvalue weighted by Crippen LogP contribution is -2.08. The number of alkyl halides is 3. The van der Waals surface area contributed by atoms with Crippen LogP contribution in [0.5, 0.6) is 0 Å². The van der Waals surface area contributed by atoms with Crippen molar-refractivity contribution in [3.63, 3.8) is 0 Å². The van der Waals surface area contributed by atoms with Crippen LogP contribution in [0.1, 0.15) is 33.3 Å². The third-order valence-corrected chi connectivity index (χ3v) is 4.17. The molecule has 9 heteroatoms. The lowest BCUT2D eigenvalue weighted by atomic mass is 10.0. The first-order valence-corrected chi connectivity index (χ1v) is 7.91. The summed E-state index contributed by atoms with van der Waals surface area (Å²) in [6.45, 7) is 0. The number of ether oxygens (including phenoxy) is 1. The first-order chi connectivity index (χ1) is 12.8. The van der Waals surface area contributed by atoms with Crippen molar-refractivity contribution in [2.45, 2.75) is 18.7 Å². The third kappa shape index (κ3) is 3.12. The van der Waals surface area contributed by atoms with E-state index < -0.39 is 23.8 Å². The van der Waals surface area contributed by atoms with Crippen LogP contribution in [0.4, 0.5) is 19.1 Å². The minimum atomic E-state index is -4.41. The zero-order chi connectivity index (χ0) is 19.2. The number of nitrogens with zero attached hydrogens (tertiary/aromatic N) is 2. The van der Waals surface area contributed by atoms with Gasteiger partial charge in [0.05, 0.1) is 11.8 Å². The highest BCUT2D eigenvalue weighted by molar-refractivity contribution is 5.99. The molecule has 0 saturated carbocycles. The maximum Gasteiger partial charge on any atom is 0.416 e. The normalized spacial score (nSPS) is 16.3. The van der Waals surface area contributed by atoms with E-state index in [0.717, 1.165) is 12.1 Å². The fraction of sp³-hybridized carbons (Fsp3) is 0.167. The van der Waals surface area contributed by atoms with Crippen molar-refractivity contribution in [1.29, 1.82) is 0 Å². The molecule has 1 aromatic carbocycles. The van der Waals surface area contributed by atoms with E-state index in [0.29, 0.717) is 17.0 Å². The highest BCUT2D eigenvalue weighted by Crippen LogP contribution is 2.38. The van der Waals surface area contributed by atoms with Crippen molar-refractivity contribution in [1.82, 2.24) is 9.97 Å². The van der Waals surface area contributed by atoms with Gasteiger partial charge in [0.15, 0.2) is 5.76 Å². The van der Waals surface area contributed by atoms with Crippen LogP contribution in [0.2, 0.25) is 0 Å². The second-order valence-electron chi connectivity index (χ2n) is 5.96. The zero-order valence-electron chi connectivity index (χ0n) is 13.7. The maximum absolute atomic E-state index is 12.7. The van der Waals surface area contributed by atoms with Crippen LogP contribution in [-0.2, 0) is 17.3 Å². The first kappa shape index (κ1) is 17.1. The summed E-state index contributed by atoms with van der Waals surface area (Å²) >= 11 is 0. The van der Waals surface area contributed by atoms with Crippen LogP contribution >= 0.6 is 0 Å². The van der Waals surface area contributed by atoms with Gasteiger partial charge in [-0.05, 0) is 29.8 Å². The molecule has 0 saturated heterocycles. The zero-order valence-corrected chi connectivity index (χ0v) is 13.7. The van der Waals surface area contributed by atoms with Crippen LogP contribution in [0.25, 0.3) is 11.5 Å². The van der Waals surface area contributed by atoms with Gasteiger partial charge >= 0.3 is 12.1 Å². The molecule has 1 aliphatic heterocycles. The Bertz CT molecular complexity index is 999. The molecule has 6 nitrogen and oxygen atoms in total. The van der Waals surface area contributed by atoms with Gasteiger partial charge in [-0.3, -0.25) is 0 Å². The number of nitrogens with two attached hydrogens (primary N) is 1. The van der Waals surface area contributed by atoms with Gasteiger partial charge in [0, 0.05) is 6.42 Å². The fourth-order valence-electron chi connectivity index (χ4n) is 2.95. The molecule has 0 aliphatic carbocycles. The molecule has 0 bridgehead atoms. The van der Waals surface area contributed by atoms with E-state index >= 15 is 0 Å². The number of cyclic esters (lactones) is 1. The number of carbonyl (C=O) groups is 1. The highest BCUT2D eigenvalue weighted by atomic mass is 19.4. The number of nitrogen functional groups attached to an aromatic ring is 1. The Hall–Kier alpha value is -3.36. The van der Waals surface area contributed by atoms with Crippen LogP contribution in [0.3, 0.4) is 0 Å². The van der Waals surface area contributed by atoms with E-state index in [2.05, 4.69) is 9.97 Å². The Morgan fingerprint density at radius 2 is 1.85 bits per heavy atom. The Labute approximate surface area is 150 Å². The van der Waals surface area contributed by atoms with Gasteiger partial charge in [-0.15, -0.1) is 0 Å². The van der Waals surface area contributed by atoms with Gasteiger partial charge < -0.3 is 14.9 Å². The molecule has 0 fully saturated rings. The van der Waals surface area contributed by atoms with Gasteiger partial charge in [0.2, 0.25) is 5.95 Å². The van der Waals surface area contributed by atoms with E-state index in [4.69, 9.17) is 14.9 Å². The van der Waals surface area contributed by atoms with Crippen molar-refractivity contribution in [2.75, 3.05) is 5.73 Å². The Morgan fingerprint density at radius 3 is 2.48 bits per heavy atom. The second-order valence-corrected chi connectivity index (χ2v) is 5.96. The van der Waals surface area contributed by atoms with Gasteiger partial charge in [0.25, 0.3) is 0 Å². The van der Waals surface area contributed by atoms with Crippen molar-refractivity contribution in [3.05, 3.63) is 65.0 Å². The van der Waals surface area contributed by atoms with E-state index in [-0.39, 0.29) is 23.6 Å². The van der Waals surface area contributed by atoms with E-state index in [1.54, 1.807) is 12.1 Å². The van der Waals surface area contributed by atoms with Gasteiger partial charge in [-0.1, -0.05) is 12.1 Å². The number of rotatable bonds is 3. The van der Waals surface area contributed by atoms with Crippen LogP contribution in [0, 0.1) is 0 Å². The summed E-state index contributed by atoms with van der Waals surface area (Å²) in [5.41, 5.74) is 6.23. The number of esters is 1. The molecule has 2 aromatic heterocycles. The molecule has 0 radical (unpaired) electrons. The number of carbonyl (C=O) groups excluding carboxylic acids is 1. The molecular weight excluding hydrogens is 363 g/mol. The Kier molecular flexibility index (Phi) is 3.87. The molecule has 3 heterocycles. The molecule has 1 aliphatic rings. The number of hydrogen-bond acceptors (Lipinski definition) is 6. The van der Waals surface area contributed by atoms with Crippen LogP contribution in [0.15, 0.2) is 47.1 Å². The average Bonchev–Trinajstić information content (AvgIpc) is 3.23. The number of benzene rings is 1. The lowest BCUT2D eigenvalue weighted by molar-refractivity contribution is -0.137. The number of fused-ring (bicyclic) bond motifs is 1. The van der Waals surface area contributed by atoms with Crippen molar-refractivity contribution in [2.24, 2.45) is 0 Å². The topological polar surface area (TPSA) is 91.2 Å². The van der Waals surface area contributed by atoms with Crippen molar-refractivity contribution < 1.29 is 27.1 Å². The molecule has 3 aromatic rings. The molecule has 1 atom stereocenters. The Morgan fingerprint density at radius 1 is 1.11 bits per heavy atom. The molecule has 0 amide bonds. The quantitative estimate of drug-likeness (QED) is 0.701. The van der Waals surface area contributed by atoms with Gasteiger partial charge in [0.1, 0.15) is 23.1 Å². The summed E-state index contributed by atoms with van der Waals surface area (Å²) in [5, 5.41) is 0. The summed E-state index contributed by atoms with van der Waals surface area (Å²) in [7, 11) is 0. The van der Waals surface area contributed by atoms with Crippen LogP contribution < -0.4 is 5.73 Å². The standard InChI is InChI=1S/C18H12F3N3O3/c19-18(20,21)10-5-3-9(4-6-10)8-12-15-13(16(25)27-12)14(23-17(22)24-15)11-2-1-7-26-11/h1-7,12H,8H2,(H2,22,23,24). The lowest BCUT2D eigenvalue weighted by Gasteiger charge is -2.12. The molecule has 1 unspecified atom stereocenters. The maximum atomic E-state index is 12.7. The second kappa shape index (κ2) is 6.11. The van der Waals surface area contributed by atoms with E-state index in [1.807, 2.05) is 0 Å². The minimum absolute atomic E-state index is 0.0594. The predicted octanol–water partition coefficient (Wildman–Crippen LogP) is 3.79. The summed E-state index contributed by atoms with van der Waals surface area (Å²) in [6, 6.07) is 7.91. The smallest absolute Gasteiger partial charge is 0.416 e. The minimum Gasteiger partial charge on any atom is -0.463 e. The molecule has 27 heavy (non-hydrogen) atoms. The summed E-state index contributed by atoms with van der Waals surface area (Å²) in [6.07, 6.45) is -3.60. The van der Waals surface area contributed by atoms with Gasteiger partial charge in [-0.2, -0.15) is 13.2 Å². The van der Waals surface area contributed by atoms with Crippen molar-refractivity contribution in [3.8, 4) is 11.5 Å². The number of halogens is 3. The summed E-state index contributed by atoms with van der Waals surface area (Å²) in [4.78, 5) is 20.5. The molecule has 0 spiro atoms. The van der Waals surface area contributed by atoms with E-state index in [1.165, 1.54) is 18.4 Å². The number of hydrogen-bond donors (Lipinski definition) is 1. The summed E-state index contributed by atoms with van der Waals surface area (Å²) < 4.78 is 48.7. The third-order valence-electron chi connectivity index (χ3n) is 4.17. The highest BCUT2D eigenvalue weighted by Gasteiger charge is 2.37. The number of furan rings is 1. The largest absolute Gasteiger partial charge is 0.463 e. The average molecular weight is 375 g/mol. The van der Waals surface area contributed by atoms with Crippen LogP contribution in [-0.4, -0.2) is 15.9 Å². The van der Waals surface area contributed by atoms with Gasteiger partial charge in [-0.25, -0.2) is 14.8 Å². The Balaban J connectivity index is 1.68. The molecule has 138 valence electrons. The predicted molar refractivity (Wildman–Crippen MR) is 87.5 cm³/mol. The SMILES string of the molecule is Nc1nc(-c2ccco2)c2c(n1)C(Cc1ccc(C(F)(F)F)cc1)OC2=O. The summed E-state index contributed by atoms with van der Waals surface area (Å²) in [5.74, 6) is -0.350. The fourth-order valence-corrected chi connectivity index (χ4v) is 2.95. The first-order valence-electron chi connectivity index (χ1n) is 7.91. The molecular formula is C18H12F3N3O3.